The summed E-state index contributed by atoms with van der Waals surface area (Å²) in [5, 5.41) is 7.91. The number of benzene rings is 1. The predicted molar refractivity (Wildman–Crippen MR) is 63.4 cm³/mol. The number of rotatable bonds is 3. The van der Waals surface area contributed by atoms with E-state index in [2.05, 4.69) is 26.2 Å². The average molecular weight is 280 g/mol. The molecule has 0 unspecified atom stereocenters. The van der Waals surface area contributed by atoms with Gasteiger partial charge < -0.3 is 0 Å². The van der Waals surface area contributed by atoms with Gasteiger partial charge in [0, 0.05) is 4.47 Å². The molecule has 0 aliphatic rings. The number of nitrogens with zero attached hydrogens (tertiary/aromatic N) is 3. The van der Waals surface area contributed by atoms with Crippen LogP contribution in [0.4, 0.5) is 0 Å². The Balaban J connectivity index is 2.28. The fraction of sp³-hybridized carbons (Fsp3) is 0.182. The summed E-state index contributed by atoms with van der Waals surface area (Å²) in [6.07, 6.45) is 2.09. The molecule has 0 amide bonds. The summed E-state index contributed by atoms with van der Waals surface area (Å²) in [4.78, 5) is 10.9. The zero-order chi connectivity index (χ0) is 11.5. The average Bonchev–Trinajstić information content (AvgIpc) is 2.65. The monoisotopic (exact) mass is 279 g/mol. The summed E-state index contributed by atoms with van der Waals surface area (Å²) in [5.41, 5.74) is 1.60. The Morgan fingerprint density at radius 2 is 2.31 bits per heavy atom. The zero-order valence-electron chi connectivity index (χ0n) is 8.72. The minimum absolute atomic E-state index is 0.0845. The lowest BCUT2D eigenvalue weighted by Crippen LogP contribution is -1.96. The van der Waals surface area contributed by atoms with Crippen LogP contribution in [0.15, 0.2) is 34.9 Å². The number of hydrogen-bond donors (Lipinski definition) is 0. The van der Waals surface area contributed by atoms with Crippen LogP contribution in [-0.2, 0) is 11.2 Å². The number of carbonyl (C=O) groups is 1. The summed E-state index contributed by atoms with van der Waals surface area (Å²) in [6, 6.07) is 7.73. The second-order valence-corrected chi connectivity index (χ2v) is 4.43. The molecule has 2 rings (SSSR count). The molecule has 0 saturated carbocycles. The van der Waals surface area contributed by atoms with Gasteiger partial charge in [-0.3, -0.25) is 4.79 Å². The minimum Gasteiger partial charge on any atom is -0.300 e. The topological polar surface area (TPSA) is 47.8 Å². The first kappa shape index (κ1) is 11.0. The molecule has 16 heavy (non-hydrogen) atoms. The Kier molecular flexibility index (Phi) is 3.14. The second-order valence-electron chi connectivity index (χ2n) is 3.51. The third-order valence-corrected chi connectivity index (χ3v) is 2.54. The van der Waals surface area contributed by atoms with Crippen molar-refractivity contribution in [3.8, 4) is 5.69 Å². The van der Waals surface area contributed by atoms with Crippen LogP contribution >= 0.6 is 15.9 Å². The highest BCUT2D eigenvalue weighted by atomic mass is 79.9. The van der Waals surface area contributed by atoms with E-state index in [9.17, 15) is 4.79 Å². The highest BCUT2D eigenvalue weighted by Crippen LogP contribution is 2.14. The lowest BCUT2D eigenvalue weighted by molar-refractivity contribution is -0.116. The van der Waals surface area contributed by atoms with Crippen LogP contribution in [0.5, 0.6) is 0 Å². The molecule has 0 aliphatic carbocycles. The molecule has 82 valence electrons. The maximum Gasteiger partial charge on any atom is 0.135 e. The van der Waals surface area contributed by atoms with Gasteiger partial charge in [-0.2, -0.15) is 0 Å². The number of halogens is 1. The molecular formula is C11H10BrN3O. The molecule has 4 nitrogen and oxygen atoms in total. The molecule has 5 heteroatoms. The Bertz CT molecular complexity index is 521. The molecule has 0 spiro atoms. The fourth-order valence-corrected chi connectivity index (χ4v) is 1.77. The molecule has 0 N–H and O–H groups in total. The number of ketones is 1. The van der Waals surface area contributed by atoms with E-state index in [1.165, 1.54) is 6.92 Å². The number of carbonyl (C=O) groups excluding carboxylic acids is 1. The van der Waals surface area contributed by atoms with Crippen LogP contribution < -0.4 is 0 Å². The largest absolute Gasteiger partial charge is 0.300 e. The van der Waals surface area contributed by atoms with E-state index in [1.807, 2.05) is 24.3 Å². The first-order valence-corrected chi connectivity index (χ1v) is 5.61. The first-order valence-electron chi connectivity index (χ1n) is 4.82. The maximum absolute atomic E-state index is 10.9. The standard InChI is InChI=1S/C11H10BrN3O/c1-8(16)5-10-7-15(14-13-10)11-4-2-3-9(12)6-11/h2-4,6-7H,5H2,1H3. The Labute approximate surface area is 101 Å². The van der Waals surface area contributed by atoms with Gasteiger partial charge in [-0.15, -0.1) is 5.10 Å². The lowest BCUT2D eigenvalue weighted by atomic mass is 10.2. The highest BCUT2D eigenvalue weighted by molar-refractivity contribution is 9.10. The van der Waals surface area contributed by atoms with Crippen molar-refractivity contribution in [2.75, 3.05) is 0 Å². The molecule has 0 atom stereocenters. The fourth-order valence-electron chi connectivity index (χ4n) is 1.38. The number of Topliss-reactive ketones (excluding diaryl/α,β-unsaturated/α-hetero) is 1. The van der Waals surface area contributed by atoms with E-state index >= 15 is 0 Å². The first-order chi connectivity index (χ1) is 7.65. The van der Waals surface area contributed by atoms with Crippen molar-refractivity contribution >= 4 is 21.7 Å². The molecule has 0 radical (unpaired) electrons. The van der Waals surface area contributed by atoms with E-state index in [-0.39, 0.29) is 5.78 Å². The van der Waals surface area contributed by atoms with Crippen LogP contribution in [0.1, 0.15) is 12.6 Å². The van der Waals surface area contributed by atoms with E-state index in [4.69, 9.17) is 0 Å². The van der Waals surface area contributed by atoms with Gasteiger partial charge in [0.15, 0.2) is 0 Å². The Morgan fingerprint density at radius 1 is 1.50 bits per heavy atom. The maximum atomic E-state index is 10.9. The van der Waals surface area contributed by atoms with Crippen LogP contribution in [0.2, 0.25) is 0 Å². The third-order valence-electron chi connectivity index (χ3n) is 2.04. The van der Waals surface area contributed by atoms with Gasteiger partial charge in [0.05, 0.1) is 24.0 Å². The van der Waals surface area contributed by atoms with Crippen molar-refractivity contribution < 1.29 is 4.79 Å². The quantitative estimate of drug-likeness (QED) is 0.865. The summed E-state index contributed by atoms with van der Waals surface area (Å²) < 4.78 is 2.64. The van der Waals surface area contributed by atoms with Crippen LogP contribution in [0.3, 0.4) is 0 Å². The van der Waals surface area contributed by atoms with Crippen molar-refractivity contribution in [1.29, 1.82) is 0 Å². The highest BCUT2D eigenvalue weighted by Gasteiger charge is 2.05. The van der Waals surface area contributed by atoms with Gasteiger partial charge in [-0.05, 0) is 25.1 Å². The Hall–Kier alpha value is -1.49. The van der Waals surface area contributed by atoms with Crippen LogP contribution in [-0.4, -0.2) is 20.8 Å². The molecule has 1 aromatic heterocycles. The second kappa shape index (κ2) is 4.57. The van der Waals surface area contributed by atoms with Gasteiger partial charge in [0.2, 0.25) is 0 Å². The normalized spacial score (nSPS) is 10.4. The summed E-state index contributed by atoms with van der Waals surface area (Å²) in [6.45, 7) is 1.54. The molecule has 2 aromatic rings. The van der Waals surface area contributed by atoms with E-state index in [0.717, 1.165) is 10.2 Å². The van der Waals surface area contributed by atoms with Gasteiger partial charge in [0.25, 0.3) is 0 Å². The van der Waals surface area contributed by atoms with Crippen molar-refractivity contribution in [3.05, 3.63) is 40.6 Å². The zero-order valence-corrected chi connectivity index (χ0v) is 10.3. The van der Waals surface area contributed by atoms with Crippen molar-refractivity contribution in [1.82, 2.24) is 15.0 Å². The Morgan fingerprint density at radius 3 is 3.00 bits per heavy atom. The molecule has 0 fully saturated rings. The van der Waals surface area contributed by atoms with Gasteiger partial charge in [-0.1, -0.05) is 27.2 Å². The SMILES string of the molecule is CC(=O)Cc1cn(-c2cccc(Br)c2)nn1. The van der Waals surface area contributed by atoms with Crippen molar-refractivity contribution in [3.63, 3.8) is 0 Å². The van der Waals surface area contributed by atoms with E-state index < -0.39 is 0 Å². The van der Waals surface area contributed by atoms with Crippen LogP contribution in [0, 0.1) is 0 Å². The van der Waals surface area contributed by atoms with Crippen molar-refractivity contribution in [2.24, 2.45) is 0 Å². The molecule has 0 aliphatic heterocycles. The van der Waals surface area contributed by atoms with Crippen molar-refractivity contribution in [2.45, 2.75) is 13.3 Å². The molecule has 1 aromatic carbocycles. The summed E-state index contributed by atoms with van der Waals surface area (Å²) in [7, 11) is 0. The minimum atomic E-state index is 0.0845. The lowest BCUT2D eigenvalue weighted by Gasteiger charge is -1.99. The molecule has 1 heterocycles. The summed E-state index contributed by atoms with van der Waals surface area (Å²) in [5.74, 6) is 0.0845. The van der Waals surface area contributed by atoms with Crippen LogP contribution in [0.25, 0.3) is 5.69 Å². The summed E-state index contributed by atoms with van der Waals surface area (Å²) >= 11 is 3.39. The molecule has 0 saturated heterocycles. The molecular weight excluding hydrogens is 270 g/mol. The smallest absolute Gasteiger partial charge is 0.135 e. The molecule has 0 bridgehead atoms. The number of hydrogen-bond acceptors (Lipinski definition) is 3. The van der Waals surface area contributed by atoms with Gasteiger partial charge in [-0.25, -0.2) is 4.68 Å². The van der Waals surface area contributed by atoms with Gasteiger partial charge in [0.1, 0.15) is 5.78 Å². The van der Waals surface area contributed by atoms with Gasteiger partial charge >= 0.3 is 0 Å². The number of aromatic nitrogens is 3. The van der Waals surface area contributed by atoms with E-state index in [0.29, 0.717) is 12.1 Å². The van der Waals surface area contributed by atoms with E-state index in [1.54, 1.807) is 10.9 Å². The predicted octanol–water partition coefficient (Wildman–Crippen LogP) is 2.16. The third kappa shape index (κ3) is 2.55.